The molecule has 0 aliphatic carbocycles. The monoisotopic (exact) mass is 420 g/mol. The number of aromatic nitrogens is 6. The molecule has 0 atom stereocenters. The van der Waals surface area contributed by atoms with E-state index < -0.39 is 12.0 Å². The predicted molar refractivity (Wildman–Crippen MR) is 99.4 cm³/mol. The summed E-state index contributed by atoms with van der Waals surface area (Å²) in [7, 11) is 0. The summed E-state index contributed by atoms with van der Waals surface area (Å²) in [6.45, 7) is 5.40. The molecule has 0 saturated carbocycles. The van der Waals surface area contributed by atoms with Crippen molar-refractivity contribution in [3.05, 3.63) is 34.5 Å². The average Bonchev–Trinajstić information content (AvgIpc) is 3.23. The molecule has 3 heterocycles. The van der Waals surface area contributed by atoms with Gasteiger partial charge in [0, 0.05) is 23.9 Å². The second-order valence-corrected chi connectivity index (χ2v) is 6.76. The first-order valence-electron chi connectivity index (χ1n) is 9.11. The number of halogens is 3. The summed E-state index contributed by atoms with van der Waals surface area (Å²) >= 11 is 0. The SMILES string of the molecule is Cc1cc(NC(=O)CCc2c(C)nc3nc(C(F)(F)F)nn3c2C)n(CCC#N)n1. The van der Waals surface area contributed by atoms with Crippen molar-refractivity contribution in [1.29, 1.82) is 5.26 Å². The number of amides is 1. The lowest BCUT2D eigenvalue weighted by molar-refractivity contribution is -0.144. The van der Waals surface area contributed by atoms with E-state index in [1.165, 1.54) is 0 Å². The fourth-order valence-electron chi connectivity index (χ4n) is 3.11. The summed E-state index contributed by atoms with van der Waals surface area (Å²) in [6.07, 6.45) is -4.07. The Morgan fingerprint density at radius 2 is 1.97 bits per heavy atom. The first-order valence-corrected chi connectivity index (χ1v) is 9.11. The standard InChI is InChI=1S/C18H19F3N8O/c1-10-9-14(28(26-10)8-4-7-22)24-15(30)6-5-13-11(2)23-17-25-16(18(19,20)21)27-29(17)12(13)3/h9H,4-6,8H2,1-3H3,(H,24,30). The van der Waals surface area contributed by atoms with Crippen molar-refractivity contribution >= 4 is 17.5 Å². The Hall–Kier alpha value is -3.49. The molecule has 3 aromatic heterocycles. The molecule has 0 bridgehead atoms. The number of nitrogens with one attached hydrogen (secondary N) is 1. The summed E-state index contributed by atoms with van der Waals surface area (Å²) in [5, 5.41) is 19.2. The van der Waals surface area contributed by atoms with Gasteiger partial charge in [-0.1, -0.05) is 0 Å². The molecular weight excluding hydrogens is 401 g/mol. The van der Waals surface area contributed by atoms with Crippen LogP contribution in [0.3, 0.4) is 0 Å². The van der Waals surface area contributed by atoms with Crippen molar-refractivity contribution in [3.8, 4) is 6.07 Å². The fraction of sp³-hybridized carbons (Fsp3) is 0.444. The molecule has 0 radical (unpaired) electrons. The van der Waals surface area contributed by atoms with Crippen LogP contribution in [0.4, 0.5) is 19.0 Å². The number of fused-ring (bicyclic) bond motifs is 1. The van der Waals surface area contributed by atoms with E-state index >= 15 is 0 Å². The second kappa shape index (κ2) is 8.10. The Balaban J connectivity index is 1.76. The number of nitrogens with zero attached hydrogens (tertiary/aromatic N) is 7. The second-order valence-electron chi connectivity index (χ2n) is 6.76. The van der Waals surface area contributed by atoms with E-state index in [1.54, 1.807) is 31.5 Å². The zero-order valence-corrected chi connectivity index (χ0v) is 16.6. The summed E-state index contributed by atoms with van der Waals surface area (Å²) in [5.74, 6) is -1.20. The minimum Gasteiger partial charge on any atom is -0.311 e. The lowest BCUT2D eigenvalue weighted by Gasteiger charge is -2.11. The molecule has 12 heteroatoms. The third-order valence-corrected chi connectivity index (χ3v) is 4.51. The topological polar surface area (TPSA) is 114 Å². The number of anilines is 1. The minimum absolute atomic E-state index is 0.0815. The van der Waals surface area contributed by atoms with E-state index in [0.29, 0.717) is 35.0 Å². The third kappa shape index (κ3) is 4.40. The van der Waals surface area contributed by atoms with Crippen molar-refractivity contribution in [2.75, 3.05) is 5.32 Å². The van der Waals surface area contributed by atoms with Crippen molar-refractivity contribution < 1.29 is 18.0 Å². The van der Waals surface area contributed by atoms with Crippen LogP contribution in [-0.2, 0) is 23.9 Å². The van der Waals surface area contributed by atoms with Crippen LogP contribution in [0.25, 0.3) is 5.78 Å². The number of rotatable bonds is 6. The van der Waals surface area contributed by atoms with E-state index in [0.717, 1.165) is 4.52 Å². The van der Waals surface area contributed by atoms with Crippen LogP contribution in [0.2, 0.25) is 0 Å². The van der Waals surface area contributed by atoms with E-state index in [-0.39, 0.29) is 30.9 Å². The smallest absolute Gasteiger partial charge is 0.311 e. The van der Waals surface area contributed by atoms with Crippen molar-refractivity contribution in [3.63, 3.8) is 0 Å². The van der Waals surface area contributed by atoms with Gasteiger partial charge in [-0.15, -0.1) is 5.10 Å². The van der Waals surface area contributed by atoms with E-state index in [9.17, 15) is 18.0 Å². The highest BCUT2D eigenvalue weighted by molar-refractivity contribution is 5.90. The predicted octanol–water partition coefficient (Wildman–Crippen LogP) is 2.75. The third-order valence-electron chi connectivity index (χ3n) is 4.51. The highest BCUT2D eigenvalue weighted by Gasteiger charge is 2.37. The maximum Gasteiger partial charge on any atom is 0.453 e. The highest BCUT2D eigenvalue weighted by atomic mass is 19.4. The van der Waals surface area contributed by atoms with Gasteiger partial charge < -0.3 is 5.32 Å². The molecule has 9 nitrogen and oxygen atoms in total. The van der Waals surface area contributed by atoms with Crippen LogP contribution in [0.1, 0.15) is 41.3 Å². The van der Waals surface area contributed by atoms with Crippen LogP contribution in [-0.4, -0.2) is 35.3 Å². The van der Waals surface area contributed by atoms with Crippen LogP contribution in [0.5, 0.6) is 0 Å². The van der Waals surface area contributed by atoms with Crippen LogP contribution in [0.15, 0.2) is 6.07 Å². The van der Waals surface area contributed by atoms with E-state index in [1.807, 2.05) is 6.07 Å². The molecule has 0 aromatic carbocycles. The number of alkyl halides is 3. The van der Waals surface area contributed by atoms with Gasteiger partial charge in [0.1, 0.15) is 5.82 Å². The van der Waals surface area contributed by atoms with Crippen LogP contribution >= 0.6 is 0 Å². The fourth-order valence-corrected chi connectivity index (χ4v) is 3.11. The Bertz CT molecular complexity index is 1140. The Kier molecular flexibility index (Phi) is 5.73. The summed E-state index contributed by atoms with van der Waals surface area (Å²) in [5.41, 5.74) is 2.27. The van der Waals surface area contributed by atoms with E-state index in [2.05, 4.69) is 25.5 Å². The molecule has 3 rings (SSSR count). The number of hydrogen-bond acceptors (Lipinski definition) is 6. The molecule has 0 fully saturated rings. The Morgan fingerprint density at radius 1 is 1.23 bits per heavy atom. The van der Waals surface area contributed by atoms with Gasteiger partial charge >= 0.3 is 6.18 Å². The molecule has 0 spiro atoms. The first kappa shape index (κ1) is 21.2. The Morgan fingerprint density at radius 3 is 2.63 bits per heavy atom. The lowest BCUT2D eigenvalue weighted by atomic mass is 10.1. The quantitative estimate of drug-likeness (QED) is 0.656. The number of hydrogen-bond donors (Lipinski definition) is 1. The average molecular weight is 420 g/mol. The van der Waals surface area contributed by atoms with Gasteiger partial charge in [-0.3, -0.25) is 4.79 Å². The maximum absolute atomic E-state index is 12.9. The van der Waals surface area contributed by atoms with Crippen LogP contribution in [0, 0.1) is 32.1 Å². The van der Waals surface area contributed by atoms with Gasteiger partial charge in [-0.25, -0.2) is 14.2 Å². The molecular formula is C18H19F3N8O. The number of carbonyl (C=O) groups is 1. The molecule has 0 unspecified atom stereocenters. The summed E-state index contributed by atoms with van der Waals surface area (Å²) in [6, 6.07) is 3.73. The molecule has 0 saturated heterocycles. The normalized spacial score (nSPS) is 11.6. The van der Waals surface area contributed by atoms with Crippen molar-refractivity contribution in [2.45, 2.75) is 52.8 Å². The summed E-state index contributed by atoms with van der Waals surface area (Å²) < 4.78 is 41.3. The molecule has 0 aliphatic heterocycles. The molecule has 1 amide bonds. The van der Waals surface area contributed by atoms with Crippen LogP contribution < -0.4 is 5.32 Å². The maximum atomic E-state index is 12.9. The molecule has 30 heavy (non-hydrogen) atoms. The van der Waals surface area contributed by atoms with Crippen molar-refractivity contribution in [2.24, 2.45) is 0 Å². The minimum atomic E-state index is -4.67. The van der Waals surface area contributed by atoms with Crippen molar-refractivity contribution in [1.82, 2.24) is 29.4 Å². The number of nitriles is 1. The zero-order chi connectivity index (χ0) is 22.1. The largest absolute Gasteiger partial charge is 0.453 e. The van der Waals surface area contributed by atoms with Gasteiger partial charge in [0.15, 0.2) is 0 Å². The molecule has 3 aromatic rings. The zero-order valence-electron chi connectivity index (χ0n) is 16.6. The number of carbonyl (C=O) groups excluding carboxylic acids is 1. The molecule has 1 N–H and O–H groups in total. The molecule has 158 valence electrons. The van der Waals surface area contributed by atoms with Gasteiger partial charge in [0.2, 0.25) is 5.91 Å². The highest BCUT2D eigenvalue weighted by Crippen LogP contribution is 2.27. The molecule has 0 aliphatic rings. The first-order chi connectivity index (χ1) is 14.1. The van der Waals surface area contributed by atoms with Gasteiger partial charge in [0.05, 0.1) is 24.7 Å². The van der Waals surface area contributed by atoms with Gasteiger partial charge in [-0.2, -0.15) is 28.5 Å². The Labute approximate surface area is 169 Å². The van der Waals surface area contributed by atoms with Gasteiger partial charge in [-0.05, 0) is 32.8 Å². The number of aryl methyl sites for hydroxylation is 4. The lowest BCUT2D eigenvalue weighted by Crippen LogP contribution is -2.17. The van der Waals surface area contributed by atoms with E-state index in [4.69, 9.17) is 5.26 Å². The van der Waals surface area contributed by atoms with Gasteiger partial charge in [0.25, 0.3) is 11.6 Å². The summed E-state index contributed by atoms with van der Waals surface area (Å²) in [4.78, 5) is 20.0.